The molecule has 1 aliphatic carbocycles. The van der Waals surface area contributed by atoms with Crippen LogP contribution >= 0.6 is 0 Å². The van der Waals surface area contributed by atoms with Gasteiger partial charge in [0.2, 0.25) is 5.91 Å². The molecule has 2 fully saturated rings. The van der Waals surface area contributed by atoms with Gasteiger partial charge in [-0.2, -0.15) is 0 Å². The van der Waals surface area contributed by atoms with Crippen LogP contribution in [0.25, 0.3) is 0 Å². The van der Waals surface area contributed by atoms with Gasteiger partial charge in [-0.3, -0.25) is 14.6 Å². The van der Waals surface area contributed by atoms with E-state index in [4.69, 9.17) is 4.52 Å². The maximum atomic E-state index is 12.8. The number of hydrogen-bond acceptors (Lipinski definition) is 5. The van der Waals surface area contributed by atoms with Crippen molar-refractivity contribution in [3.63, 3.8) is 0 Å². The Morgan fingerprint density at radius 3 is 2.96 bits per heavy atom. The number of carbonyl (C=O) groups is 2. The molecule has 2 aliphatic rings. The molecule has 1 aliphatic heterocycles. The van der Waals surface area contributed by atoms with Crippen molar-refractivity contribution in [2.45, 2.75) is 38.3 Å². The van der Waals surface area contributed by atoms with E-state index in [1.807, 2.05) is 0 Å². The number of likely N-dealkylation sites (tertiary alicyclic amines) is 1. The van der Waals surface area contributed by atoms with Gasteiger partial charge < -0.3 is 14.7 Å². The summed E-state index contributed by atoms with van der Waals surface area (Å²) in [5.41, 5.74) is 0.897. The third-order valence-electron chi connectivity index (χ3n) is 4.86. The van der Waals surface area contributed by atoms with Crippen molar-refractivity contribution in [1.82, 2.24) is 15.0 Å². The fourth-order valence-corrected chi connectivity index (χ4v) is 3.87. The number of nitrogens with zero attached hydrogens (tertiary/aromatic N) is 3. The molecule has 7 heteroatoms. The number of aryl methyl sites for hydroxylation is 1. The molecule has 2 unspecified atom stereocenters. The van der Waals surface area contributed by atoms with E-state index in [2.05, 4.69) is 15.5 Å². The van der Waals surface area contributed by atoms with Crippen LogP contribution in [-0.2, 0) is 4.79 Å². The summed E-state index contributed by atoms with van der Waals surface area (Å²) in [6.45, 7) is 1.74. The van der Waals surface area contributed by atoms with Crippen molar-refractivity contribution < 1.29 is 14.1 Å². The van der Waals surface area contributed by atoms with Crippen molar-refractivity contribution in [1.29, 1.82) is 0 Å². The summed E-state index contributed by atoms with van der Waals surface area (Å²) < 4.78 is 5.01. The van der Waals surface area contributed by atoms with E-state index in [9.17, 15) is 9.59 Å². The first-order chi connectivity index (χ1) is 11.6. The Bertz CT molecular complexity index is 773. The Morgan fingerprint density at radius 2 is 2.25 bits per heavy atom. The maximum Gasteiger partial charge on any atom is 0.276 e. The molecule has 124 valence electrons. The number of nitrogens with one attached hydrogen (secondary N) is 1. The van der Waals surface area contributed by atoms with Crippen LogP contribution in [0.2, 0.25) is 0 Å². The van der Waals surface area contributed by atoms with Crippen LogP contribution in [0.15, 0.2) is 35.1 Å². The van der Waals surface area contributed by atoms with Gasteiger partial charge in [0.25, 0.3) is 5.91 Å². The number of aromatic nitrogens is 2. The lowest BCUT2D eigenvalue weighted by Crippen LogP contribution is -2.51. The summed E-state index contributed by atoms with van der Waals surface area (Å²) in [7, 11) is 0. The second kappa shape index (κ2) is 5.74. The Labute approximate surface area is 139 Å². The summed E-state index contributed by atoms with van der Waals surface area (Å²) in [6, 6.07) is 4.80. The molecule has 0 radical (unpaired) electrons. The first-order valence-electron chi connectivity index (χ1n) is 8.10. The number of piperidine rings is 1. The van der Waals surface area contributed by atoms with E-state index in [0.29, 0.717) is 11.4 Å². The van der Waals surface area contributed by atoms with E-state index in [0.717, 1.165) is 19.3 Å². The quantitative estimate of drug-likeness (QED) is 0.932. The minimum absolute atomic E-state index is 0.101. The van der Waals surface area contributed by atoms with Crippen LogP contribution in [-0.4, -0.2) is 38.9 Å². The number of pyridine rings is 1. The van der Waals surface area contributed by atoms with Gasteiger partial charge in [-0.15, -0.1) is 0 Å². The fourth-order valence-electron chi connectivity index (χ4n) is 3.87. The molecule has 1 N–H and O–H groups in total. The number of amides is 2. The standard InChI is InChI=1S/C17H18N4O3/c1-10-7-14(20-24-10)17(23)21-13-5-4-11(8-13)15(21)16(22)19-12-3-2-6-18-9-12/h2-3,6-7,9,11,13,15H,4-5,8H2,1H3,(H,19,22)/t11?,13?,15-/m0/s1. The number of hydrogen-bond donors (Lipinski definition) is 1. The van der Waals surface area contributed by atoms with Gasteiger partial charge in [-0.25, -0.2) is 0 Å². The fraction of sp³-hybridized carbons (Fsp3) is 0.412. The number of carbonyl (C=O) groups excluding carboxylic acids is 2. The lowest BCUT2D eigenvalue weighted by molar-refractivity contribution is -0.121. The largest absolute Gasteiger partial charge is 0.361 e. The van der Waals surface area contributed by atoms with Gasteiger partial charge in [0.15, 0.2) is 5.69 Å². The van der Waals surface area contributed by atoms with Gasteiger partial charge >= 0.3 is 0 Å². The molecular weight excluding hydrogens is 308 g/mol. The van der Waals surface area contributed by atoms with Crippen molar-refractivity contribution in [2.24, 2.45) is 5.92 Å². The maximum absolute atomic E-state index is 12.8. The van der Waals surface area contributed by atoms with Gasteiger partial charge in [0.1, 0.15) is 11.8 Å². The van der Waals surface area contributed by atoms with E-state index >= 15 is 0 Å². The van der Waals surface area contributed by atoms with E-state index in [1.165, 1.54) is 0 Å². The molecule has 0 aromatic carbocycles. The van der Waals surface area contributed by atoms with Crippen LogP contribution in [0.3, 0.4) is 0 Å². The van der Waals surface area contributed by atoms with Crippen LogP contribution in [0.5, 0.6) is 0 Å². The summed E-state index contributed by atoms with van der Waals surface area (Å²) in [6.07, 6.45) is 6.02. The molecule has 2 bridgehead atoms. The Morgan fingerprint density at radius 1 is 1.38 bits per heavy atom. The van der Waals surface area contributed by atoms with Crippen molar-refractivity contribution >= 4 is 17.5 Å². The molecule has 3 atom stereocenters. The third kappa shape index (κ3) is 2.46. The molecule has 3 heterocycles. The predicted molar refractivity (Wildman–Crippen MR) is 85.2 cm³/mol. The van der Waals surface area contributed by atoms with Gasteiger partial charge in [-0.1, -0.05) is 5.16 Å². The van der Waals surface area contributed by atoms with Crippen LogP contribution in [0, 0.1) is 12.8 Å². The predicted octanol–water partition coefficient (Wildman–Crippen LogP) is 2.01. The molecule has 0 spiro atoms. The average Bonchev–Trinajstić information content (AvgIpc) is 3.30. The van der Waals surface area contributed by atoms with E-state index in [-0.39, 0.29) is 29.5 Å². The zero-order valence-corrected chi connectivity index (χ0v) is 13.3. The highest BCUT2D eigenvalue weighted by molar-refractivity contribution is 6.01. The van der Waals surface area contributed by atoms with Crippen LogP contribution < -0.4 is 5.32 Å². The molecule has 2 amide bonds. The lowest BCUT2D eigenvalue weighted by Gasteiger charge is -2.33. The smallest absolute Gasteiger partial charge is 0.276 e. The highest BCUT2D eigenvalue weighted by atomic mass is 16.5. The molecule has 2 aromatic heterocycles. The summed E-state index contributed by atoms with van der Waals surface area (Å²) in [5.74, 6) is 0.386. The molecule has 2 aromatic rings. The highest BCUT2D eigenvalue weighted by Gasteiger charge is 2.51. The minimum atomic E-state index is -0.464. The van der Waals surface area contributed by atoms with Gasteiger partial charge in [0.05, 0.1) is 11.9 Å². The monoisotopic (exact) mass is 326 g/mol. The minimum Gasteiger partial charge on any atom is -0.361 e. The van der Waals surface area contributed by atoms with Crippen LogP contribution in [0.1, 0.15) is 35.5 Å². The summed E-state index contributed by atoms with van der Waals surface area (Å²) in [4.78, 5) is 31.3. The van der Waals surface area contributed by atoms with E-state index < -0.39 is 6.04 Å². The molecule has 24 heavy (non-hydrogen) atoms. The zero-order valence-electron chi connectivity index (χ0n) is 13.3. The Balaban J connectivity index is 1.58. The van der Waals surface area contributed by atoms with Gasteiger partial charge in [0, 0.05) is 18.3 Å². The Kier molecular flexibility index (Phi) is 3.55. The van der Waals surface area contributed by atoms with E-state index in [1.54, 1.807) is 42.4 Å². The van der Waals surface area contributed by atoms with Crippen molar-refractivity contribution in [3.8, 4) is 0 Å². The molecule has 7 nitrogen and oxygen atoms in total. The molecule has 1 saturated heterocycles. The van der Waals surface area contributed by atoms with Crippen molar-refractivity contribution in [3.05, 3.63) is 42.0 Å². The first-order valence-corrected chi connectivity index (χ1v) is 8.10. The first kappa shape index (κ1) is 14.9. The zero-order chi connectivity index (χ0) is 16.7. The average molecular weight is 326 g/mol. The second-order valence-electron chi connectivity index (χ2n) is 6.44. The summed E-state index contributed by atoms with van der Waals surface area (Å²) in [5, 5.41) is 6.68. The summed E-state index contributed by atoms with van der Waals surface area (Å²) >= 11 is 0. The topological polar surface area (TPSA) is 88.3 Å². The number of anilines is 1. The molecule has 4 rings (SSSR count). The SMILES string of the molecule is Cc1cc(C(=O)N2C3CCC(C3)[C@H]2C(=O)Nc2cccnc2)no1. The highest BCUT2D eigenvalue weighted by Crippen LogP contribution is 2.43. The van der Waals surface area contributed by atoms with Gasteiger partial charge in [-0.05, 0) is 44.2 Å². The third-order valence-corrected chi connectivity index (χ3v) is 4.86. The van der Waals surface area contributed by atoms with Crippen LogP contribution in [0.4, 0.5) is 5.69 Å². The molecule has 1 saturated carbocycles. The normalized spacial score (nSPS) is 25.0. The van der Waals surface area contributed by atoms with Crippen molar-refractivity contribution in [2.75, 3.05) is 5.32 Å². The number of fused-ring (bicyclic) bond motifs is 2. The second-order valence-corrected chi connectivity index (χ2v) is 6.44. The molecular formula is C17H18N4O3. The lowest BCUT2D eigenvalue weighted by atomic mass is 9.97. The Hall–Kier alpha value is -2.70. The number of rotatable bonds is 3.